The average molecular weight is 656 g/mol. The van der Waals surface area contributed by atoms with E-state index in [1.54, 1.807) is 6.20 Å². The summed E-state index contributed by atoms with van der Waals surface area (Å²) in [6.07, 6.45) is 9.64. The molecule has 0 saturated heterocycles. The lowest BCUT2D eigenvalue weighted by molar-refractivity contribution is 0.768. The van der Waals surface area contributed by atoms with Crippen LogP contribution in [0.2, 0.25) is 0 Å². The van der Waals surface area contributed by atoms with Crippen molar-refractivity contribution in [1.82, 2.24) is 4.98 Å². The van der Waals surface area contributed by atoms with Crippen molar-refractivity contribution in [2.45, 2.75) is 12.3 Å². The van der Waals surface area contributed by atoms with Gasteiger partial charge in [-0.25, -0.2) is 0 Å². The lowest BCUT2D eigenvalue weighted by Gasteiger charge is -2.35. The second-order valence-electron chi connectivity index (χ2n) is 12.7. The van der Waals surface area contributed by atoms with Gasteiger partial charge in [0.15, 0.2) is 0 Å². The quantitative estimate of drug-likeness (QED) is 0.114. The molecule has 6 aromatic carbocycles. The van der Waals surface area contributed by atoms with Gasteiger partial charge in [-0.3, -0.25) is 9.98 Å². The van der Waals surface area contributed by atoms with Crippen molar-refractivity contribution in [3.05, 3.63) is 222 Å². The molecule has 3 nitrogen and oxygen atoms in total. The van der Waals surface area contributed by atoms with Crippen molar-refractivity contribution in [2.75, 3.05) is 4.90 Å². The Morgan fingerprint density at radius 3 is 1.92 bits per heavy atom. The summed E-state index contributed by atoms with van der Waals surface area (Å²) in [4.78, 5) is 10.9. The monoisotopic (exact) mass is 655 g/mol. The zero-order valence-corrected chi connectivity index (χ0v) is 28.5. The molecule has 1 aliphatic rings. The van der Waals surface area contributed by atoms with Crippen LogP contribution in [0.4, 0.5) is 17.1 Å². The second-order valence-corrected chi connectivity index (χ2v) is 12.7. The summed E-state index contributed by atoms with van der Waals surface area (Å²) < 4.78 is 0. The molecule has 0 unspecified atom stereocenters. The van der Waals surface area contributed by atoms with Crippen LogP contribution in [0.15, 0.2) is 200 Å². The molecule has 7 aromatic rings. The van der Waals surface area contributed by atoms with Crippen LogP contribution in [0, 0.1) is 0 Å². The van der Waals surface area contributed by atoms with Crippen LogP contribution in [-0.2, 0) is 5.41 Å². The number of hydrogen-bond acceptors (Lipinski definition) is 3. The Kier molecular flexibility index (Phi) is 8.53. The van der Waals surface area contributed by atoms with Gasteiger partial charge in [-0.05, 0) is 94.6 Å². The van der Waals surface area contributed by atoms with Gasteiger partial charge < -0.3 is 4.90 Å². The third-order valence-electron chi connectivity index (χ3n) is 9.85. The SMILES string of the molecule is C=N/C=C(\C=C/C)c1ccc(N(c2ccc3c(c2)C(c2ccccc2)(c2ccccc2)c2ccccc2-3)c2ccccc2-c2cccnc2)cc1. The molecule has 1 heterocycles. The van der Waals surface area contributed by atoms with Crippen molar-refractivity contribution >= 4 is 29.4 Å². The second kappa shape index (κ2) is 13.7. The van der Waals surface area contributed by atoms with Crippen molar-refractivity contribution < 1.29 is 0 Å². The number of nitrogens with zero attached hydrogens (tertiary/aromatic N) is 3. The van der Waals surface area contributed by atoms with E-state index >= 15 is 0 Å². The van der Waals surface area contributed by atoms with Gasteiger partial charge in [0.1, 0.15) is 0 Å². The maximum atomic E-state index is 4.48. The summed E-state index contributed by atoms with van der Waals surface area (Å²) in [5.41, 5.74) is 14.4. The number of pyridine rings is 1. The number of rotatable bonds is 9. The minimum Gasteiger partial charge on any atom is -0.310 e. The first-order valence-electron chi connectivity index (χ1n) is 17.3. The molecule has 0 aliphatic heterocycles. The van der Waals surface area contributed by atoms with Gasteiger partial charge in [-0.15, -0.1) is 0 Å². The molecule has 1 aliphatic carbocycles. The molecule has 3 heteroatoms. The molecule has 0 N–H and O–H groups in total. The predicted molar refractivity (Wildman–Crippen MR) is 214 cm³/mol. The van der Waals surface area contributed by atoms with Crippen LogP contribution in [0.1, 0.15) is 34.7 Å². The number of fused-ring (bicyclic) bond motifs is 3. The van der Waals surface area contributed by atoms with E-state index in [2.05, 4.69) is 185 Å². The van der Waals surface area contributed by atoms with Gasteiger partial charge in [-0.2, -0.15) is 0 Å². The standard InChI is InChI=1S/C48H37N3/c1-3-15-36(33-49-2)35-25-27-40(28-26-35)51(47-24-13-11-21-42(47)37-16-14-31-50-34-37)41-29-30-44-43-22-10-12-23-45(43)48(46(44)32-41,38-17-6-4-7-18-38)39-19-8-5-9-20-39/h3-34H,2H2,1H3/b15-3-,36-33+. The molecule has 0 fully saturated rings. The smallest absolute Gasteiger partial charge is 0.0714 e. The van der Waals surface area contributed by atoms with Crippen LogP contribution in [0.5, 0.6) is 0 Å². The summed E-state index contributed by atoms with van der Waals surface area (Å²) in [5.74, 6) is 0. The van der Waals surface area contributed by atoms with E-state index in [4.69, 9.17) is 0 Å². The number of para-hydroxylation sites is 1. The summed E-state index contributed by atoms with van der Waals surface area (Å²) in [5, 5.41) is 0. The summed E-state index contributed by atoms with van der Waals surface area (Å²) in [6.45, 7) is 5.71. The predicted octanol–water partition coefficient (Wildman–Crippen LogP) is 12.2. The van der Waals surface area contributed by atoms with Gasteiger partial charge in [0.2, 0.25) is 0 Å². The fourth-order valence-electron chi connectivity index (χ4n) is 7.73. The number of aliphatic imine (C=N–C) groups is 1. The van der Waals surface area contributed by atoms with Crippen molar-refractivity contribution in [1.29, 1.82) is 0 Å². The van der Waals surface area contributed by atoms with E-state index in [9.17, 15) is 0 Å². The Labute approximate surface area is 300 Å². The minimum absolute atomic E-state index is 0.507. The zero-order chi connectivity index (χ0) is 34.6. The Morgan fingerprint density at radius 2 is 1.25 bits per heavy atom. The first-order chi connectivity index (χ1) is 25.2. The van der Waals surface area contributed by atoms with Crippen LogP contribution in [0.25, 0.3) is 27.8 Å². The van der Waals surface area contributed by atoms with Crippen molar-refractivity contribution in [2.24, 2.45) is 4.99 Å². The molecule has 1 aromatic heterocycles. The first kappa shape index (κ1) is 31.7. The number of anilines is 3. The van der Waals surface area contributed by atoms with Crippen LogP contribution in [0.3, 0.4) is 0 Å². The first-order valence-corrected chi connectivity index (χ1v) is 17.3. The molecular weight excluding hydrogens is 619 g/mol. The third kappa shape index (κ3) is 5.50. The molecule has 0 radical (unpaired) electrons. The fourth-order valence-corrected chi connectivity index (χ4v) is 7.73. The summed E-state index contributed by atoms with van der Waals surface area (Å²) in [7, 11) is 0. The topological polar surface area (TPSA) is 28.5 Å². The molecule has 0 bridgehead atoms. The van der Waals surface area contributed by atoms with Gasteiger partial charge in [0.05, 0.1) is 11.1 Å². The Hall–Kier alpha value is -6.58. The van der Waals surface area contributed by atoms with E-state index < -0.39 is 5.41 Å². The van der Waals surface area contributed by atoms with E-state index in [-0.39, 0.29) is 0 Å². The molecule has 0 amide bonds. The highest BCUT2D eigenvalue weighted by atomic mass is 15.1. The number of benzene rings is 6. The Morgan fingerprint density at radius 1 is 0.627 bits per heavy atom. The third-order valence-corrected chi connectivity index (χ3v) is 9.85. The summed E-state index contributed by atoms with van der Waals surface area (Å²) >= 11 is 0. The highest BCUT2D eigenvalue weighted by Gasteiger charge is 2.46. The largest absolute Gasteiger partial charge is 0.310 e. The highest BCUT2D eigenvalue weighted by molar-refractivity contribution is 5.92. The molecule has 244 valence electrons. The van der Waals surface area contributed by atoms with E-state index in [0.717, 1.165) is 39.3 Å². The van der Waals surface area contributed by atoms with E-state index in [1.165, 1.54) is 33.4 Å². The molecule has 8 rings (SSSR count). The highest BCUT2D eigenvalue weighted by Crippen LogP contribution is 2.57. The molecule has 0 saturated carbocycles. The van der Waals surface area contributed by atoms with Crippen LogP contribution >= 0.6 is 0 Å². The lowest BCUT2D eigenvalue weighted by Crippen LogP contribution is -2.28. The summed E-state index contributed by atoms with van der Waals surface area (Å²) in [6, 6.07) is 59.2. The van der Waals surface area contributed by atoms with Gasteiger partial charge >= 0.3 is 0 Å². The minimum atomic E-state index is -0.507. The van der Waals surface area contributed by atoms with E-state index in [0.29, 0.717) is 0 Å². The van der Waals surface area contributed by atoms with Gasteiger partial charge in [-0.1, -0.05) is 140 Å². The number of allylic oxidation sites excluding steroid dienone is 3. The Balaban J connectivity index is 1.40. The lowest BCUT2D eigenvalue weighted by atomic mass is 9.67. The Bertz CT molecular complexity index is 2330. The molecule has 0 spiro atoms. The van der Waals surface area contributed by atoms with Gasteiger partial charge in [0, 0.05) is 41.1 Å². The molecule has 0 atom stereocenters. The maximum Gasteiger partial charge on any atom is 0.0714 e. The fraction of sp³-hybridized carbons (Fsp3) is 0.0417. The number of aromatic nitrogens is 1. The maximum absolute atomic E-state index is 4.48. The number of hydrogen-bond donors (Lipinski definition) is 0. The molecular formula is C48H37N3. The van der Waals surface area contributed by atoms with E-state index in [1.807, 2.05) is 31.5 Å². The van der Waals surface area contributed by atoms with Crippen LogP contribution < -0.4 is 4.90 Å². The molecule has 51 heavy (non-hydrogen) atoms. The van der Waals surface area contributed by atoms with Crippen LogP contribution in [-0.4, -0.2) is 11.7 Å². The van der Waals surface area contributed by atoms with Crippen molar-refractivity contribution in [3.63, 3.8) is 0 Å². The van der Waals surface area contributed by atoms with Crippen molar-refractivity contribution in [3.8, 4) is 22.3 Å². The zero-order valence-electron chi connectivity index (χ0n) is 28.5. The van der Waals surface area contributed by atoms with Gasteiger partial charge in [0.25, 0.3) is 0 Å². The average Bonchev–Trinajstić information content (AvgIpc) is 3.50. The normalized spacial score (nSPS) is 13.1.